The van der Waals surface area contributed by atoms with Gasteiger partial charge in [-0.25, -0.2) is 9.18 Å². The Labute approximate surface area is 89.9 Å². The maximum absolute atomic E-state index is 12.4. The zero-order chi connectivity index (χ0) is 11.5. The summed E-state index contributed by atoms with van der Waals surface area (Å²) < 4.78 is 17.6. The van der Waals surface area contributed by atoms with Crippen LogP contribution in [0, 0.1) is 0 Å². The molecule has 0 radical (unpaired) electrons. The highest BCUT2D eigenvalue weighted by atomic mass is 19.1. The van der Waals surface area contributed by atoms with E-state index in [-0.39, 0.29) is 6.09 Å². The summed E-state index contributed by atoms with van der Waals surface area (Å²) in [7, 11) is 0. The fourth-order valence-corrected chi connectivity index (χ4v) is 1.39. The summed E-state index contributed by atoms with van der Waals surface area (Å²) in [6, 6.07) is 0. The molecule has 0 saturated heterocycles. The molecule has 1 aliphatic heterocycles. The second-order valence-corrected chi connectivity index (χ2v) is 4.69. The second-order valence-electron chi connectivity index (χ2n) is 4.69. The Hall–Kier alpha value is -1.06. The van der Waals surface area contributed by atoms with Gasteiger partial charge < -0.3 is 9.64 Å². The van der Waals surface area contributed by atoms with E-state index in [0.29, 0.717) is 25.1 Å². The van der Waals surface area contributed by atoms with Crippen LogP contribution in [0.5, 0.6) is 0 Å². The van der Waals surface area contributed by atoms with Gasteiger partial charge >= 0.3 is 6.09 Å². The Morgan fingerprint density at radius 1 is 1.60 bits per heavy atom. The van der Waals surface area contributed by atoms with Crippen molar-refractivity contribution in [3.63, 3.8) is 0 Å². The van der Waals surface area contributed by atoms with E-state index in [1.807, 2.05) is 26.8 Å². The van der Waals surface area contributed by atoms with Crippen LogP contribution in [0.25, 0.3) is 0 Å². The number of nitrogens with zero attached hydrogens (tertiary/aromatic N) is 1. The number of carbonyl (C=O) groups excluding carboxylic acids is 1. The molecule has 0 spiro atoms. The molecule has 1 rings (SSSR count). The maximum Gasteiger partial charge on any atom is 0.410 e. The number of hydrogen-bond acceptors (Lipinski definition) is 2. The summed E-state index contributed by atoms with van der Waals surface area (Å²) >= 11 is 0. The van der Waals surface area contributed by atoms with E-state index in [1.54, 1.807) is 4.90 Å². The van der Waals surface area contributed by atoms with Crippen molar-refractivity contribution in [1.29, 1.82) is 0 Å². The van der Waals surface area contributed by atoms with Crippen molar-refractivity contribution < 1.29 is 13.9 Å². The molecule has 0 fully saturated rings. The van der Waals surface area contributed by atoms with Crippen LogP contribution in [0.3, 0.4) is 0 Å². The van der Waals surface area contributed by atoms with Crippen LogP contribution in [-0.2, 0) is 4.74 Å². The van der Waals surface area contributed by atoms with Crippen LogP contribution in [0.4, 0.5) is 9.18 Å². The molecule has 3 nitrogen and oxygen atoms in total. The first kappa shape index (κ1) is 12.0. The molecule has 0 aromatic rings. The van der Waals surface area contributed by atoms with E-state index < -0.39 is 12.3 Å². The Morgan fingerprint density at radius 3 is 2.80 bits per heavy atom. The Balaban J connectivity index is 2.52. The first-order valence-corrected chi connectivity index (χ1v) is 5.14. The molecule has 1 aliphatic rings. The lowest BCUT2D eigenvalue weighted by atomic mass is 10.1. The minimum atomic E-state index is -0.492. The quantitative estimate of drug-likeness (QED) is 0.629. The van der Waals surface area contributed by atoms with Crippen LogP contribution in [0.1, 0.15) is 27.2 Å². The van der Waals surface area contributed by atoms with Gasteiger partial charge in [0.2, 0.25) is 0 Å². The molecule has 0 saturated carbocycles. The van der Waals surface area contributed by atoms with Crippen molar-refractivity contribution in [3.8, 4) is 0 Å². The van der Waals surface area contributed by atoms with Gasteiger partial charge in [-0.2, -0.15) is 0 Å². The number of carbonyl (C=O) groups is 1. The predicted octanol–water partition coefficient (Wildman–Crippen LogP) is 2.52. The Kier molecular flexibility index (Phi) is 3.72. The summed E-state index contributed by atoms with van der Waals surface area (Å²) in [5.74, 6) is 0. The molecule has 0 aliphatic carbocycles. The Bertz CT molecular complexity index is 268. The SMILES string of the molecule is CC(C)(C)OC(=O)N1CCC=C(CF)C1. The van der Waals surface area contributed by atoms with Gasteiger partial charge in [-0.1, -0.05) is 6.08 Å². The van der Waals surface area contributed by atoms with Crippen molar-refractivity contribution in [3.05, 3.63) is 11.6 Å². The highest BCUT2D eigenvalue weighted by molar-refractivity contribution is 5.68. The van der Waals surface area contributed by atoms with Gasteiger partial charge in [-0.15, -0.1) is 0 Å². The fourth-order valence-electron chi connectivity index (χ4n) is 1.39. The van der Waals surface area contributed by atoms with Crippen molar-refractivity contribution in [2.45, 2.75) is 32.8 Å². The van der Waals surface area contributed by atoms with E-state index in [2.05, 4.69) is 0 Å². The lowest BCUT2D eigenvalue weighted by Gasteiger charge is -2.29. The van der Waals surface area contributed by atoms with E-state index in [0.717, 1.165) is 0 Å². The molecule has 0 bridgehead atoms. The summed E-state index contributed by atoms with van der Waals surface area (Å²) in [5, 5.41) is 0. The van der Waals surface area contributed by atoms with E-state index in [1.165, 1.54) is 0 Å². The average molecular weight is 215 g/mol. The lowest BCUT2D eigenvalue weighted by Crippen LogP contribution is -2.40. The predicted molar refractivity (Wildman–Crippen MR) is 56.5 cm³/mol. The molecule has 1 amide bonds. The lowest BCUT2D eigenvalue weighted by molar-refractivity contribution is 0.0260. The molecule has 0 unspecified atom stereocenters. The van der Waals surface area contributed by atoms with E-state index in [4.69, 9.17) is 4.74 Å². The third-order valence-corrected chi connectivity index (χ3v) is 2.05. The topological polar surface area (TPSA) is 29.5 Å². The zero-order valence-corrected chi connectivity index (χ0v) is 9.55. The third-order valence-electron chi connectivity index (χ3n) is 2.05. The first-order chi connectivity index (χ1) is 6.92. The maximum atomic E-state index is 12.4. The van der Waals surface area contributed by atoms with Crippen LogP contribution in [0.15, 0.2) is 11.6 Å². The molecular weight excluding hydrogens is 197 g/mol. The van der Waals surface area contributed by atoms with Gasteiger partial charge in [0.15, 0.2) is 0 Å². The molecule has 0 aromatic heterocycles. The van der Waals surface area contributed by atoms with Crippen LogP contribution >= 0.6 is 0 Å². The second kappa shape index (κ2) is 4.64. The highest BCUT2D eigenvalue weighted by Gasteiger charge is 2.23. The standard InChI is InChI=1S/C11H18FNO2/c1-11(2,3)15-10(14)13-6-4-5-9(7-12)8-13/h5H,4,6-8H2,1-3H3. The number of hydrogen-bond donors (Lipinski definition) is 0. The summed E-state index contributed by atoms with van der Waals surface area (Å²) in [4.78, 5) is 13.2. The molecule has 1 heterocycles. The summed E-state index contributed by atoms with van der Waals surface area (Å²) in [6.45, 7) is 5.94. The number of rotatable bonds is 1. The number of amides is 1. The number of ether oxygens (including phenoxy) is 1. The summed E-state index contributed by atoms with van der Waals surface area (Å²) in [6.07, 6.45) is 2.20. The van der Waals surface area contributed by atoms with Gasteiger partial charge in [-0.3, -0.25) is 0 Å². The largest absolute Gasteiger partial charge is 0.444 e. The highest BCUT2D eigenvalue weighted by Crippen LogP contribution is 2.15. The van der Waals surface area contributed by atoms with Crippen molar-refractivity contribution >= 4 is 6.09 Å². The van der Waals surface area contributed by atoms with Gasteiger partial charge in [0.25, 0.3) is 0 Å². The monoisotopic (exact) mass is 215 g/mol. The molecule has 4 heteroatoms. The fraction of sp³-hybridized carbons (Fsp3) is 0.727. The molecule has 15 heavy (non-hydrogen) atoms. The smallest absolute Gasteiger partial charge is 0.410 e. The first-order valence-electron chi connectivity index (χ1n) is 5.14. The molecule has 0 atom stereocenters. The van der Waals surface area contributed by atoms with Crippen molar-refractivity contribution in [1.82, 2.24) is 4.90 Å². The van der Waals surface area contributed by atoms with Gasteiger partial charge in [0.05, 0.1) is 0 Å². The third kappa shape index (κ3) is 3.90. The summed E-state index contributed by atoms with van der Waals surface area (Å²) in [5.41, 5.74) is 0.167. The van der Waals surface area contributed by atoms with Gasteiger partial charge in [-0.05, 0) is 32.8 Å². The van der Waals surface area contributed by atoms with Crippen LogP contribution < -0.4 is 0 Å². The van der Waals surface area contributed by atoms with Crippen LogP contribution in [-0.4, -0.2) is 36.4 Å². The molecular formula is C11H18FNO2. The zero-order valence-electron chi connectivity index (χ0n) is 9.55. The van der Waals surface area contributed by atoms with Gasteiger partial charge in [0.1, 0.15) is 12.3 Å². The average Bonchev–Trinajstić information content (AvgIpc) is 2.15. The van der Waals surface area contributed by atoms with Crippen molar-refractivity contribution in [2.75, 3.05) is 19.8 Å². The minimum Gasteiger partial charge on any atom is -0.444 e. The molecule has 0 N–H and O–H groups in total. The normalized spacial score (nSPS) is 17.3. The van der Waals surface area contributed by atoms with Crippen molar-refractivity contribution in [2.24, 2.45) is 0 Å². The van der Waals surface area contributed by atoms with Gasteiger partial charge in [0, 0.05) is 13.1 Å². The minimum absolute atomic E-state index is 0.353. The molecule has 86 valence electrons. The number of halogens is 1. The van der Waals surface area contributed by atoms with Crippen LogP contribution in [0.2, 0.25) is 0 Å². The number of alkyl halides is 1. The Morgan fingerprint density at radius 2 is 2.27 bits per heavy atom. The molecule has 0 aromatic carbocycles. The van der Waals surface area contributed by atoms with E-state index >= 15 is 0 Å². The van der Waals surface area contributed by atoms with E-state index in [9.17, 15) is 9.18 Å².